The van der Waals surface area contributed by atoms with Crippen molar-refractivity contribution in [2.45, 2.75) is 12.3 Å². The van der Waals surface area contributed by atoms with Gasteiger partial charge in [-0.05, 0) is 12.1 Å². The van der Waals surface area contributed by atoms with Crippen molar-refractivity contribution in [2.24, 2.45) is 0 Å². The van der Waals surface area contributed by atoms with Crippen LogP contribution in [0, 0.1) is 0 Å². The van der Waals surface area contributed by atoms with Gasteiger partial charge in [0.1, 0.15) is 5.52 Å². The van der Waals surface area contributed by atoms with Crippen LogP contribution in [0.25, 0.3) is 5.52 Å². The first-order valence-electron chi connectivity index (χ1n) is 4.70. The van der Waals surface area contributed by atoms with E-state index < -0.39 is 12.3 Å². The second kappa shape index (κ2) is 3.92. The van der Waals surface area contributed by atoms with E-state index >= 15 is 0 Å². The Balaban J connectivity index is 2.61. The van der Waals surface area contributed by atoms with E-state index in [4.69, 9.17) is 4.74 Å². The van der Waals surface area contributed by atoms with E-state index in [2.05, 4.69) is 5.10 Å². The highest BCUT2D eigenvalue weighted by molar-refractivity contribution is 5.63. The van der Waals surface area contributed by atoms with E-state index in [0.29, 0.717) is 5.52 Å². The molecular weight excluding hydrogens is 237 g/mol. The fourth-order valence-corrected chi connectivity index (χ4v) is 1.60. The number of fused-ring (bicyclic) bond motifs is 1. The van der Waals surface area contributed by atoms with Gasteiger partial charge in [-0.3, -0.25) is 0 Å². The predicted octanol–water partition coefficient (Wildman–Crippen LogP) is 1.94. The van der Waals surface area contributed by atoms with E-state index in [1.807, 2.05) is 0 Å². The van der Waals surface area contributed by atoms with Crippen molar-refractivity contribution in [2.75, 3.05) is 7.11 Å². The molecule has 2 rings (SSSR count). The molecule has 0 radical (unpaired) electrons. The summed E-state index contributed by atoms with van der Waals surface area (Å²) >= 11 is 0. The van der Waals surface area contributed by atoms with Gasteiger partial charge in [0.2, 0.25) is 0 Å². The van der Waals surface area contributed by atoms with Gasteiger partial charge in [-0.15, -0.1) is 0 Å². The normalized spacial score (nSPS) is 13.9. The van der Waals surface area contributed by atoms with E-state index in [1.165, 1.54) is 30.1 Å². The number of aliphatic hydroxyl groups is 1. The number of alkyl halides is 3. The molecule has 0 spiro atoms. The molecule has 2 aromatic rings. The van der Waals surface area contributed by atoms with Crippen LogP contribution in [0.3, 0.4) is 0 Å². The molecule has 0 bridgehead atoms. The smallest absolute Gasteiger partial charge is 0.418 e. The van der Waals surface area contributed by atoms with E-state index in [0.717, 1.165) is 6.07 Å². The average molecular weight is 246 g/mol. The van der Waals surface area contributed by atoms with Crippen molar-refractivity contribution in [1.29, 1.82) is 0 Å². The lowest BCUT2D eigenvalue weighted by Crippen LogP contribution is -2.21. The zero-order chi connectivity index (χ0) is 12.6. The minimum absolute atomic E-state index is 0.0326. The Hall–Kier alpha value is -1.76. The minimum atomic E-state index is -4.73. The van der Waals surface area contributed by atoms with Crippen molar-refractivity contribution in [3.8, 4) is 5.75 Å². The summed E-state index contributed by atoms with van der Waals surface area (Å²) in [6, 6.07) is 2.64. The Morgan fingerprint density at radius 3 is 2.71 bits per heavy atom. The lowest BCUT2D eigenvalue weighted by atomic mass is 10.1. The van der Waals surface area contributed by atoms with Gasteiger partial charge in [0.15, 0.2) is 11.9 Å². The molecule has 1 atom stereocenters. The number of rotatable bonds is 2. The Kier molecular flexibility index (Phi) is 2.70. The van der Waals surface area contributed by atoms with Crippen LogP contribution in [-0.2, 0) is 0 Å². The van der Waals surface area contributed by atoms with E-state index in [1.54, 1.807) is 0 Å². The summed E-state index contributed by atoms with van der Waals surface area (Å²) < 4.78 is 43.6. The Morgan fingerprint density at radius 1 is 1.41 bits per heavy atom. The van der Waals surface area contributed by atoms with Crippen molar-refractivity contribution in [1.82, 2.24) is 9.61 Å². The molecule has 0 saturated carbocycles. The molecule has 1 N–H and O–H groups in total. The van der Waals surface area contributed by atoms with Gasteiger partial charge in [0, 0.05) is 11.8 Å². The molecule has 0 fully saturated rings. The summed E-state index contributed by atoms with van der Waals surface area (Å²) in [6.45, 7) is 0. The van der Waals surface area contributed by atoms with E-state index in [9.17, 15) is 18.3 Å². The van der Waals surface area contributed by atoms with Crippen LogP contribution in [0.15, 0.2) is 24.5 Å². The Bertz CT molecular complexity index is 536. The molecule has 0 aromatic carbocycles. The maximum absolute atomic E-state index is 12.4. The quantitative estimate of drug-likeness (QED) is 0.880. The van der Waals surface area contributed by atoms with Gasteiger partial charge in [-0.2, -0.15) is 18.3 Å². The second-order valence-corrected chi connectivity index (χ2v) is 3.41. The van der Waals surface area contributed by atoms with Gasteiger partial charge in [-0.1, -0.05) is 0 Å². The SMILES string of the molecule is COc1c(C(O)C(F)(F)F)ccn2nccc12. The summed E-state index contributed by atoms with van der Waals surface area (Å²) in [6.07, 6.45) is -4.53. The molecule has 2 heterocycles. The molecule has 92 valence electrons. The number of pyridine rings is 1. The molecule has 0 aliphatic heterocycles. The maximum Gasteiger partial charge on any atom is 0.418 e. The van der Waals surface area contributed by atoms with Crippen LogP contribution in [-0.4, -0.2) is 28.0 Å². The standard InChI is InChI=1S/C10H9F3N2O2/c1-17-8-6(9(16)10(11,12)13)3-5-15-7(8)2-4-14-15/h2-5,9,16H,1H3. The molecule has 0 saturated heterocycles. The number of aliphatic hydroxyl groups excluding tert-OH is 1. The Morgan fingerprint density at radius 2 is 2.12 bits per heavy atom. The molecule has 1 unspecified atom stereocenters. The van der Waals surface area contributed by atoms with E-state index in [-0.39, 0.29) is 11.3 Å². The van der Waals surface area contributed by atoms with Gasteiger partial charge in [-0.25, -0.2) is 4.52 Å². The van der Waals surface area contributed by atoms with Crippen LogP contribution in [0.1, 0.15) is 11.7 Å². The molecule has 0 aliphatic carbocycles. The average Bonchev–Trinajstić information content (AvgIpc) is 2.73. The summed E-state index contributed by atoms with van der Waals surface area (Å²) in [5.41, 5.74) is 0.0429. The first-order valence-corrected chi connectivity index (χ1v) is 4.70. The molecule has 0 aliphatic rings. The highest BCUT2D eigenvalue weighted by Gasteiger charge is 2.41. The number of aromatic nitrogens is 2. The highest BCUT2D eigenvalue weighted by Crippen LogP contribution is 2.38. The summed E-state index contributed by atoms with van der Waals surface area (Å²) in [4.78, 5) is 0. The van der Waals surface area contributed by atoms with Gasteiger partial charge >= 0.3 is 6.18 Å². The van der Waals surface area contributed by atoms with Crippen molar-refractivity contribution < 1.29 is 23.0 Å². The first-order chi connectivity index (χ1) is 7.95. The van der Waals surface area contributed by atoms with Gasteiger partial charge < -0.3 is 9.84 Å². The third-order valence-corrected chi connectivity index (χ3v) is 2.37. The number of hydrogen-bond donors (Lipinski definition) is 1. The summed E-state index contributed by atoms with van der Waals surface area (Å²) in [7, 11) is 1.24. The number of nitrogens with zero attached hydrogens (tertiary/aromatic N) is 2. The molecule has 2 aromatic heterocycles. The van der Waals surface area contributed by atoms with Gasteiger partial charge in [0.25, 0.3) is 0 Å². The topological polar surface area (TPSA) is 46.8 Å². The highest BCUT2D eigenvalue weighted by atomic mass is 19.4. The fraction of sp³-hybridized carbons (Fsp3) is 0.300. The summed E-state index contributed by atoms with van der Waals surface area (Å²) in [5.74, 6) is -0.0326. The first kappa shape index (κ1) is 11.7. The number of halogens is 3. The molecular formula is C10H9F3N2O2. The minimum Gasteiger partial charge on any atom is -0.494 e. The monoisotopic (exact) mass is 246 g/mol. The fourth-order valence-electron chi connectivity index (χ4n) is 1.60. The number of hydrogen-bond acceptors (Lipinski definition) is 3. The van der Waals surface area contributed by atoms with Crippen LogP contribution < -0.4 is 4.74 Å². The van der Waals surface area contributed by atoms with Crippen molar-refractivity contribution in [3.63, 3.8) is 0 Å². The summed E-state index contributed by atoms with van der Waals surface area (Å²) in [5, 5.41) is 13.1. The third-order valence-electron chi connectivity index (χ3n) is 2.37. The zero-order valence-electron chi connectivity index (χ0n) is 8.77. The Labute approximate surface area is 94.2 Å². The zero-order valence-corrected chi connectivity index (χ0v) is 8.77. The van der Waals surface area contributed by atoms with Crippen LogP contribution >= 0.6 is 0 Å². The molecule has 0 amide bonds. The predicted molar refractivity (Wildman–Crippen MR) is 52.8 cm³/mol. The lowest BCUT2D eigenvalue weighted by molar-refractivity contribution is -0.207. The second-order valence-electron chi connectivity index (χ2n) is 3.41. The largest absolute Gasteiger partial charge is 0.494 e. The van der Waals surface area contributed by atoms with Crippen LogP contribution in [0.5, 0.6) is 5.75 Å². The van der Waals surface area contributed by atoms with Crippen molar-refractivity contribution in [3.05, 3.63) is 30.1 Å². The number of methoxy groups -OCH3 is 1. The van der Waals surface area contributed by atoms with Crippen LogP contribution in [0.2, 0.25) is 0 Å². The molecule has 4 nitrogen and oxygen atoms in total. The van der Waals surface area contributed by atoms with Crippen molar-refractivity contribution >= 4 is 5.52 Å². The maximum atomic E-state index is 12.4. The van der Waals surface area contributed by atoms with Gasteiger partial charge in [0.05, 0.1) is 13.3 Å². The molecule has 7 heteroatoms. The molecule has 17 heavy (non-hydrogen) atoms. The lowest BCUT2D eigenvalue weighted by Gasteiger charge is -2.18. The third kappa shape index (κ3) is 1.93. The van der Waals surface area contributed by atoms with Crippen LogP contribution in [0.4, 0.5) is 13.2 Å². The number of ether oxygens (including phenoxy) is 1.